The molecule has 0 amide bonds. The summed E-state index contributed by atoms with van der Waals surface area (Å²) in [5.41, 5.74) is 6.68. The van der Waals surface area contributed by atoms with Gasteiger partial charge < -0.3 is 5.73 Å². The van der Waals surface area contributed by atoms with Gasteiger partial charge in [0.2, 0.25) is 0 Å². The summed E-state index contributed by atoms with van der Waals surface area (Å²) in [6.07, 6.45) is 18.4. The van der Waals surface area contributed by atoms with Gasteiger partial charge in [-0.05, 0) is 38.1 Å². The molecule has 2 N–H and O–H groups in total. The van der Waals surface area contributed by atoms with Gasteiger partial charge in [0.25, 0.3) is 0 Å². The lowest BCUT2D eigenvalue weighted by atomic mass is 9.81. The number of hydrogen-bond donors (Lipinski definition) is 1. The van der Waals surface area contributed by atoms with Crippen molar-refractivity contribution in [2.24, 2.45) is 11.7 Å². The minimum atomic E-state index is 0.327. The van der Waals surface area contributed by atoms with Gasteiger partial charge in [0.05, 0.1) is 0 Å². The summed E-state index contributed by atoms with van der Waals surface area (Å²) >= 11 is 0. The molecule has 124 valence electrons. The maximum Gasteiger partial charge on any atom is 0.0331 e. The molecule has 1 unspecified atom stereocenters. The molecule has 0 aromatic heterocycles. The van der Waals surface area contributed by atoms with Crippen molar-refractivity contribution >= 4 is 0 Å². The van der Waals surface area contributed by atoms with Crippen LogP contribution in [0.1, 0.15) is 90.4 Å². The van der Waals surface area contributed by atoms with Crippen LogP contribution in [0.25, 0.3) is 0 Å². The lowest BCUT2D eigenvalue weighted by molar-refractivity contribution is 0.0338. The third-order valence-corrected chi connectivity index (χ3v) is 5.99. The summed E-state index contributed by atoms with van der Waals surface area (Å²) in [5.74, 6) is 0.864. The van der Waals surface area contributed by atoms with Crippen molar-refractivity contribution in [1.29, 1.82) is 0 Å². The standard InChI is InChI=1S/C19H38N2/c1-18-12-11-15-21(16-18)19(17-20)13-9-7-5-3-2-4-6-8-10-14-19/h18H,2-17,20H2,1H3. The molecule has 2 heteroatoms. The summed E-state index contributed by atoms with van der Waals surface area (Å²) in [4.78, 5) is 2.80. The lowest BCUT2D eigenvalue weighted by Crippen LogP contribution is -2.56. The zero-order valence-corrected chi connectivity index (χ0v) is 14.4. The van der Waals surface area contributed by atoms with Gasteiger partial charge in [-0.25, -0.2) is 0 Å². The highest BCUT2D eigenvalue weighted by Crippen LogP contribution is 2.33. The van der Waals surface area contributed by atoms with Crippen molar-refractivity contribution in [2.45, 2.75) is 95.9 Å². The van der Waals surface area contributed by atoms with E-state index in [0.717, 1.165) is 12.5 Å². The van der Waals surface area contributed by atoms with E-state index < -0.39 is 0 Å². The molecule has 1 aliphatic carbocycles. The molecule has 1 saturated carbocycles. The molecule has 0 radical (unpaired) electrons. The van der Waals surface area contributed by atoms with E-state index in [4.69, 9.17) is 5.73 Å². The Kier molecular flexibility index (Phi) is 7.53. The van der Waals surface area contributed by atoms with E-state index in [1.165, 1.54) is 96.6 Å². The third-order valence-electron chi connectivity index (χ3n) is 5.99. The zero-order valence-electron chi connectivity index (χ0n) is 14.4. The molecule has 1 saturated heterocycles. The van der Waals surface area contributed by atoms with E-state index in [2.05, 4.69) is 11.8 Å². The van der Waals surface area contributed by atoms with Crippen molar-refractivity contribution in [3.63, 3.8) is 0 Å². The normalized spacial score (nSPS) is 30.3. The third kappa shape index (κ3) is 5.25. The predicted octanol–water partition coefficient (Wildman–Crippen LogP) is 4.72. The Hall–Kier alpha value is -0.0800. The number of likely N-dealkylation sites (tertiary alicyclic amines) is 1. The SMILES string of the molecule is CC1CCCN(C2(CN)CCCCCCCCCCC2)C1. The summed E-state index contributed by atoms with van der Waals surface area (Å²) < 4.78 is 0. The van der Waals surface area contributed by atoms with E-state index in [1.807, 2.05) is 0 Å². The van der Waals surface area contributed by atoms with Crippen LogP contribution in [0.15, 0.2) is 0 Å². The predicted molar refractivity (Wildman–Crippen MR) is 92.5 cm³/mol. The maximum absolute atomic E-state index is 6.35. The van der Waals surface area contributed by atoms with Crippen LogP contribution in [0.3, 0.4) is 0 Å². The van der Waals surface area contributed by atoms with E-state index in [0.29, 0.717) is 5.54 Å². The first-order valence-electron chi connectivity index (χ1n) is 9.72. The van der Waals surface area contributed by atoms with Gasteiger partial charge in [0, 0.05) is 18.6 Å². The summed E-state index contributed by atoms with van der Waals surface area (Å²) in [6, 6.07) is 0. The van der Waals surface area contributed by atoms with Crippen LogP contribution >= 0.6 is 0 Å². The first kappa shape index (κ1) is 17.3. The summed E-state index contributed by atoms with van der Waals surface area (Å²) in [6.45, 7) is 5.88. The highest BCUT2D eigenvalue weighted by Gasteiger charge is 2.36. The number of piperidine rings is 1. The van der Waals surface area contributed by atoms with Gasteiger partial charge in [-0.3, -0.25) is 4.90 Å². The molecule has 21 heavy (non-hydrogen) atoms. The fourth-order valence-electron chi connectivity index (χ4n) is 4.54. The van der Waals surface area contributed by atoms with E-state index in [1.54, 1.807) is 0 Å². The van der Waals surface area contributed by atoms with Crippen molar-refractivity contribution < 1.29 is 0 Å². The quantitative estimate of drug-likeness (QED) is 0.798. The largest absolute Gasteiger partial charge is 0.329 e. The van der Waals surface area contributed by atoms with E-state index in [-0.39, 0.29) is 0 Å². The molecule has 0 bridgehead atoms. The highest BCUT2D eigenvalue weighted by molar-refractivity contribution is 4.94. The minimum Gasteiger partial charge on any atom is -0.329 e. The Labute approximate surface area is 132 Å². The van der Waals surface area contributed by atoms with Gasteiger partial charge in [-0.15, -0.1) is 0 Å². The van der Waals surface area contributed by atoms with Crippen LogP contribution < -0.4 is 5.73 Å². The Morgan fingerprint density at radius 1 is 0.857 bits per heavy atom. The average molecular weight is 295 g/mol. The molecule has 0 aromatic carbocycles. The van der Waals surface area contributed by atoms with Crippen LogP contribution in [0, 0.1) is 5.92 Å². The van der Waals surface area contributed by atoms with Crippen molar-refractivity contribution in [3.05, 3.63) is 0 Å². The molecule has 0 aromatic rings. The van der Waals surface area contributed by atoms with Crippen LogP contribution in [0.2, 0.25) is 0 Å². The van der Waals surface area contributed by atoms with Crippen molar-refractivity contribution in [3.8, 4) is 0 Å². The number of hydrogen-bond acceptors (Lipinski definition) is 2. The number of nitrogens with zero attached hydrogens (tertiary/aromatic N) is 1. The monoisotopic (exact) mass is 294 g/mol. The van der Waals surface area contributed by atoms with Crippen LogP contribution in [0.4, 0.5) is 0 Å². The molecule has 1 atom stereocenters. The van der Waals surface area contributed by atoms with Crippen molar-refractivity contribution in [2.75, 3.05) is 19.6 Å². The first-order valence-corrected chi connectivity index (χ1v) is 9.72. The number of rotatable bonds is 2. The molecule has 2 nitrogen and oxygen atoms in total. The fourth-order valence-corrected chi connectivity index (χ4v) is 4.54. The zero-order chi connectivity index (χ0) is 15.0. The molecule has 1 aliphatic heterocycles. The maximum atomic E-state index is 6.35. The van der Waals surface area contributed by atoms with Gasteiger partial charge in [0.1, 0.15) is 0 Å². The Morgan fingerprint density at radius 3 is 1.86 bits per heavy atom. The Bertz CT molecular complexity index is 265. The smallest absolute Gasteiger partial charge is 0.0331 e. The molecule has 1 heterocycles. The highest BCUT2D eigenvalue weighted by atomic mass is 15.2. The molecule has 2 rings (SSSR count). The second kappa shape index (κ2) is 9.15. The average Bonchev–Trinajstić information content (AvgIpc) is 2.48. The minimum absolute atomic E-state index is 0.327. The van der Waals surface area contributed by atoms with Gasteiger partial charge >= 0.3 is 0 Å². The topological polar surface area (TPSA) is 29.3 Å². The van der Waals surface area contributed by atoms with Crippen LogP contribution in [-0.4, -0.2) is 30.1 Å². The molecule has 2 fully saturated rings. The summed E-state index contributed by atoms with van der Waals surface area (Å²) in [5, 5.41) is 0. The van der Waals surface area contributed by atoms with Gasteiger partial charge in [0.15, 0.2) is 0 Å². The molecule has 0 spiro atoms. The lowest BCUT2D eigenvalue weighted by Gasteiger charge is -2.47. The first-order chi connectivity index (χ1) is 10.3. The van der Waals surface area contributed by atoms with Crippen LogP contribution in [0.5, 0.6) is 0 Å². The number of nitrogens with two attached hydrogens (primary N) is 1. The Morgan fingerprint density at radius 2 is 1.38 bits per heavy atom. The van der Waals surface area contributed by atoms with Gasteiger partial charge in [-0.1, -0.05) is 64.7 Å². The molecule has 2 aliphatic rings. The molecular formula is C19H38N2. The van der Waals surface area contributed by atoms with Gasteiger partial charge in [-0.2, -0.15) is 0 Å². The second-order valence-electron chi connectivity index (χ2n) is 7.80. The van der Waals surface area contributed by atoms with E-state index in [9.17, 15) is 0 Å². The second-order valence-corrected chi connectivity index (χ2v) is 7.80. The van der Waals surface area contributed by atoms with Crippen LogP contribution in [-0.2, 0) is 0 Å². The molecular weight excluding hydrogens is 256 g/mol. The van der Waals surface area contributed by atoms with E-state index >= 15 is 0 Å². The fraction of sp³-hybridized carbons (Fsp3) is 1.00. The summed E-state index contributed by atoms with van der Waals surface area (Å²) in [7, 11) is 0. The van der Waals surface area contributed by atoms with Crippen molar-refractivity contribution in [1.82, 2.24) is 4.90 Å². The Balaban J connectivity index is 1.99.